The fraction of sp³-hybridized carbons (Fsp3) is 0.562. The first kappa shape index (κ1) is 13.4. The van der Waals surface area contributed by atoms with Gasteiger partial charge >= 0.3 is 0 Å². The molecule has 0 aromatic carbocycles. The highest BCUT2D eigenvalue weighted by atomic mass is 19.1. The second kappa shape index (κ2) is 5.43. The molecule has 3 nitrogen and oxygen atoms in total. The van der Waals surface area contributed by atoms with Gasteiger partial charge in [0.2, 0.25) is 0 Å². The quantitative estimate of drug-likeness (QED) is 0.582. The zero-order valence-electron chi connectivity index (χ0n) is 11.4. The maximum Gasteiger partial charge on any atom is 0.172 e. The topological polar surface area (TPSA) is 47.0 Å². The van der Waals surface area contributed by atoms with Gasteiger partial charge in [-0.1, -0.05) is 25.7 Å². The number of nitrogens with zero attached hydrogens (tertiary/aromatic N) is 1. The van der Waals surface area contributed by atoms with Crippen molar-refractivity contribution in [1.29, 1.82) is 0 Å². The van der Waals surface area contributed by atoms with Crippen LogP contribution >= 0.6 is 0 Å². The smallest absolute Gasteiger partial charge is 0.172 e. The van der Waals surface area contributed by atoms with E-state index in [-0.39, 0.29) is 29.8 Å². The SMILES string of the molecule is O=C1CC(=O)C(C2CCCCCC2)c2ncc(F)cc21. The predicted octanol–water partition coefficient (Wildman–Crippen LogP) is 3.43. The summed E-state index contributed by atoms with van der Waals surface area (Å²) in [7, 11) is 0. The first-order chi connectivity index (χ1) is 9.66. The second-order valence-electron chi connectivity index (χ2n) is 5.88. The Kier molecular flexibility index (Phi) is 3.64. The molecular formula is C16H18FNO2. The minimum atomic E-state index is -0.508. The highest BCUT2D eigenvalue weighted by molar-refractivity contribution is 6.14. The highest BCUT2D eigenvalue weighted by Crippen LogP contribution is 2.39. The van der Waals surface area contributed by atoms with E-state index in [1.807, 2.05) is 0 Å². The average Bonchev–Trinajstić information content (AvgIpc) is 2.69. The van der Waals surface area contributed by atoms with E-state index in [1.54, 1.807) is 0 Å². The molecule has 20 heavy (non-hydrogen) atoms. The van der Waals surface area contributed by atoms with E-state index < -0.39 is 5.82 Å². The normalized spacial score (nSPS) is 24.4. The maximum atomic E-state index is 13.3. The number of Topliss-reactive ketones (excluding diaryl/α,β-unsaturated/α-hetero) is 2. The first-order valence-corrected chi connectivity index (χ1v) is 7.38. The molecule has 0 radical (unpaired) electrons. The molecular weight excluding hydrogens is 257 g/mol. The molecule has 1 fully saturated rings. The molecule has 1 saturated carbocycles. The van der Waals surface area contributed by atoms with Crippen molar-refractivity contribution < 1.29 is 14.0 Å². The van der Waals surface area contributed by atoms with Gasteiger partial charge in [-0.2, -0.15) is 0 Å². The minimum absolute atomic E-state index is 0.0338. The van der Waals surface area contributed by atoms with Gasteiger partial charge in [-0.3, -0.25) is 14.6 Å². The number of rotatable bonds is 1. The summed E-state index contributed by atoms with van der Waals surface area (Å²) in [6.45, 7) is 0. The van der Waals surface area contributed by atoms with Gasteiger partial charge in [0.1, 0.15) is 11.6 Å². The van der Waals surface area contributed by atoms with Crippen LogP contribution in [0.5, 0.6) is 0 Å². The molecule has 2 aliphatic rings. The molecule has 1 unspecified atom stereocenters. The van der Waals surface area contributed by atoms with E-state index >= 15 is 0 Å². The van der Waals surface area contributed by atoms with Crippen molar-refractivity contribution in [2.45, 2.75) is 50.9 Å². The van der Waals surface area contributed by atoms with Crippen LogP contribution in [0.1, 0.15) is 66.9 Å². The lowest BCUT2D eigenvalue weighted by Crippen LogP contribution is -2.31. The maximum absolute atomic E-state index is 13.3. The monoisotopic (exact) mass is 275 g/mol. The van der Waals surface area contributed by atoms with E-state index in [1.165, 1.54) is 18.9 Å². The molecule has 2 aliphatic carbocycles. The fourth-order valence-electron chi connectivity index (χ4n) is 3.57. The van der Waals surface area contributed by atoms with E-state index in [4.69, 9.17) is 0 Å². The van der Waals surface area contributed by atoms with Crippen LogP contribution < -0.4 is 0 Å². The average molecular weight is 275 g/mol. The fourth-order valence-corrected chi connectivity index (χ4v) is 3.57. The number of fused-ring (bicyclic) bond motifs is 1. The van der Waals surface area contributed by atoms with Crippen LogP contribution in [0.15, 0.2) is 12.3 Å². The minimum Gasteiger partial charge on any atom is -0.298 e. The van der Waals surface area contributed by atoms with Crippen molar-refractivity contribution in [1.82, 2.24) is 4.98 Å². The molecule has 4 heteroatoms. The summed E-state index contributed by atoms with van der Waals surface area (Å²) >= 11 is 0. The van der Waals surface area contributed by atoms with Crippen LogP contribution in [0.3, 0.4) is 0 Å². The molecule has 0 bridgehead atoms. The van der Waals surface area contributed by atoms with Crippen molar-refractivity contribution in [2.24, 2.45) is 5.92 Å². The Morgan fingerprint density at radius 3 is 2.50 bits per heavy atom. The summed E-state index contributed by atoms with van der Waals surface area (Å²) in [5.74, 6) is -0.877. The highest BCUT2D eigenvalue weighted by Gasteiger charge is 2.38. The van der Waals surface area contributed by atoms with Crippen molar-refractivity contribution in [3.63, 3.8) is 0 Å². The molecule has 3 rings (SSSR count). The number of aromatic nitrogens is 1. The van der Waals surface area contributed by atoms with Gasteiger partial charge in [0, 0.05) is 5.56 Å². The molecule has 0 amide bonds. The van der Waals surface area contributed by atoms with Gasteiger partial charge in [0.25, 0.3) is 0 Å². The zero-order valence-corrected chi connectivity index (χ0v) is 11.4. The summed E-state index contributed by atoms with van der Waals surface area (Å²) in [6.07, 6.45) is 7.69. The van der Waals surface area contributed by atoms with Crippen molar-refractivity contribution in [3.05, 3.63) is 29.3 Å². The lowest BCUT2D eigenvalue weighted by molar-refractivity contribution is -0.121. The third-order valence-corrected chi connectivity index (χ3v) is 4.53. The van der Waals surface area contributed by atoms with Crippen LogP contribution in [0, 0.1) is 11.7 Å². The number of carbonyl (C=O) groups excluding carboxylic acids is 2. The van der Waals surface area contributed by atoms with Crippen LogP contribution in [0.25, 0.3) is 0 Å². The Bertz CT molecular complexity index is 547. The molecule has 1 atom stereocenters. The van der Waals surface area contributed by atoms with E-state index in [9.17, 15) is 14.0 Å². The van der Waals surface area contributed by atoms with E-state index in [2.05, 4.69) is 4.98 Å². The summed E-state index contributed by atoms with van der Waals surface area (Å²) in [6, 6.07) is 1.24. The summed E-state index contributed by atoms with van der Waals surface area (Å²) < 4.78 is 13.3. The third kappa shape index (κ3) is 2.39. The Balaban J connectivity index is 2.00. The van der Waals surface area contributed by atoms with Gasteiger partial charge in [0.15, 0.2) is 5.78 Å². The van der Waals surface area contributed by atoms with Crippen molar-refractivity contribution in [2.75, 3.05) is 0 Å². The Morgan fingerprint density at radius 1 is 1.10 bits per heavy atom. The number of hydrogen-bond donors (Lipinski definition) is 0. The number of ketones is 2. The lowest BCUT2D eigenvalue weighted by atomic mass is 9.74. The van der Waals surface area contributed by atoms with Gasteiger partial charge in [-0.15, -0.1) is 0 Å². The standard InChI is InChI=1S/C16H18FNO2/c17-11-7-12-13(19)8-14(20)15(16(12)18-9-11)10-5-3-1-2-4-6-10/h7,9-10,15H,1-6,8H2. The van der Waals surface area contributed by atoms with Gasteiger partial charge in [0.05, 0.1) is 24.2 Å². The van der Waals surface area contributed by atoms with Crippen molar-refractivity contribution in [3.8, 4) is 0 Å². The lowest BCUT2D eigenvalue weighted by Gasteiger charge is -2.29. The van der Waals surface area contributed by atoms with E-state index in [0.717, 1.165) is 31.9 Å². The largest absolute Gasteiger partial charge is 0.298 e. The molecule has 1 heterocycles. The number of hydrogen-bond acceptors (Lipinski definition) is 3. The molecule has 0 saturated heterocycles. The summed E-state index contributed by atoms with van der Waals surface area (Å²) in [4.78, 5) is 28.3. The third-order valence-electron chi connectivity index (χ3n) is 4.53. The number of pyridine rings is 1. The molecule has 0 spiro atoms. The molecule has 1 aromatic rings. The predicted molar refractivity (Wildman–Crippen MR) is 72.1 cm³/mol. The first-order valence-electron chi connectivity index (χ1n) is 7.38. The van der Waals surface area contributed by atoms with Gasteiger partial charge in [-0.25, -0.2) is 4.39 Å². The van der Waals surface area contributed by atoms with Crippen LogP contribution in [-0.2, 0) is 4.79 Å². The van der Waals surface area contributed by atoms with E-state index in [0.29, 0.717) is 11.3 Å². The van der Waals surface area contributed by atoms with Gasteiger partial charge < -0.3 is 0 Å². The van der Waals surface area contributed by atoms with Crippen molar-refractivity contribution >= 4 is 11.6 Å². The molecule has 1 aromatic heterocycles. The van der Waals surface area contributed by atoms with Crippen LogP contribution in [0.4, 0.5) is 4.39 Å². The van der Waals surface area contributed by atoms with Crippen LogP contribution in [-0.4, -0.2) is 16.6 Å². The Morgan fingerprint density at radius 2 is 1.80 bits per heavy atom. The summed E-state index contributed by atoms with van der Waals surface area (Å²) in [5, 5.41) is 0. The van der Waals surface area contributed by atoms with Crippen LogP contribution in [0.2, 0.25) is 0 Å². The Labute approximate surface area is 117 Å². The summed E-state index contributed by atoms with van der Waals surface area (Å²) in [5.41, 5.74) is 0.832. The molecule has 106 valence electrons. The molecule has 0 aliphatic heterocycles. The second-order valence-corrected chi connectivity index (χ2v) is 5.88. The Hall–Kier alpha value is -1.58. The molecule has 0 N–H and O–H groups in total. The number of halogens is 1. The van der Waals surface area contributed by atoms with Gasteiger partial charge in [-0.05, 0) is 24.8 Å². The zero-order chi connectivity index (χ0) is 14.1. The number of carbonyl (C=O) groups is 2.